The summed E-state index contributed by atoms with van der Waals surface area (Å²) in [7, 11) is 0. The Balaban J connectivity index is 1.81. The molecule has 2 heterocycles. The van der Waals surface area contributed by atoms with Gasteiger partial charge >= 0.3 is 0 Å². The van der Waals surface area contributed by atoms with Gasteiger partial charge in [0.1, 0.15) is 0 Å². The van der Waals surface area contributed by atoms with E-state index in [4.69, 9.17) is 0 Å². The molecule has 1 aliphatic rings. The molecule has 2 aromatic rings. The van der Waals surface area contributed by atoms with Crippen LogP contribution in [0.3, 0.4) is 0 Å². The molecule has 0 amide bonds. The lowest BCUT2D eigenvalue weighted by Crippen LogP contribution is -2.34. The predicted octanol–water partition coefficient (Wildman–Crippen LogP) is 2.57. The number of rotatable bonds is 3. The number of pyridine rings is 1. The second kappa shape index (κ2) is 4.69. The fraction of sp³-hybridized carbons (Fsp3) is 0.571. The summed E-state index contributed by atoms with van der Waals surface area (Å²) in [5, 5.41) is 12.2. The third-order valence-corrected chi connectivity index (χ3v) is 4.05. The Morgan fingerprint density at radius 1 is 1.33 bits per heavy atom. The zero-order chi connectivity index (χ0) is 12.5. The number of nitrogens with one attached hydrogen (secondary N) is 1. The molecule has 1 aliphatic carbocycles. The molecule has 4 nitrogen and oxygen atoms in total. The summed E-state index contributed by atoms with van der Waals surface area (Å²) >= 11 is 0. The first-order valence-corrected chi connectivity index (χ1v) is 6.81. The van der Waals surface area contributed by atoms with E-state index in [1.165, 1.54) is 19.3 Å². The van der Waals surface area contributed by atoms with Gasteiger partial charge < -0.3 is 5.32 Å². The number of hydrogen-bond acceptors (Lipinski definition) is 3. The Labute approximate surface area is 107 Å². The van der Waals surface area contributed by atoms with E-state index in [0.717, 1.165) is 17.4 Å². The molecule has 4 heteroatoms. The summed E-state index contributed by atoms with van der Waals surface area (Å²) in [6, 6.07) is 6.86. The third-order valence-electron chi connectivity index (χ3n) is 4.05. The van der Waals surface area contributed by atoms with Crippen LogP contribution < -0.4 is 5.32 Å². The Morgan fingerprint density at radius 3 is 3.00 bits per heavy atom. The van der Waals surface area contributed by atoms with E-state index in [1.807, 2.05) is 24.4 Å². The van der Waals surface area contributed by atoms with Crippen LogP contribution >= 0.6 is 0 Å². The molecule has 1 saturated carbocycles. The Bertz CT molecular complexity index is 533. The van der Waals surface area contributed by atoms with Crippen LogP contribution in [0.1, 0.15) is 45.0 Å². The van der Waals surface area contributed by atoms with Crippen LogP contribution in [0.5, 0.6) is 0 Å². The summed E-state index contributed by atoms with van der Waals surface area (Å²) < 4.78 is 2.07. The molecule has 18 heavy (non-hydrogen) atoms. The van der Waals surface area contributed by atoms with Crippen LogP contribution in [0.15, 0.2) is 24.4 Å². The first kappa shape index (κ1) is 11.7. The minimum atomic E-state index is 0.243. The van der Waals surface area contributed by atoms with Crippen LogP contribution in [0.25, 0.3) is 5.65 Å². The smallest absolute Gasteiger partial charge is 0.160 e. The maximum absolute atomic E-state index is 4.31. The number of hydrogen-bond donors (Lipinski definition) is 1. The fourth-order valence-electron chi connectivity index (χ4n) is 2.94. The molecule has 2 aromatic heterocycles. The van der Waals surface area contributed by atoms with Gasteiger partial charge in [-0.15, -0.1) is 10.2 Å². The second-order valence-corrected chi connectivity index (χ2v) is 5.39. The van der Waals surface area contributed by atoms with E-state index < -0.39 is 0 Å². The van der Waals surface area contributed by atoms with Gasteiger partial charge in [-0.3, -0.25) is 4.40 Å². The van der Waals surface area contributed by atoms with E-state index in [-0.39, 0.29) is 6.04 Å². The van der Waals surface area contributed by atoms with Crippen molar-refractivity contribution in [2.75, 3.05) is 0 Å². The van der Waals surface area contributed by atoms with Gasteiger partial charge in [-0.25, -0.2) is 0 Å². The molecule has 96 valence electrons. The largest absolute Gasteiger partial charge is 0.304 e. The predicted molar refractivity (Wildman–Crippen MR) is 71.3 cm³/mol. The monoisotopic (exact) mass is 244 g/mol. The van der Waals surface area contributed by atoms with Gasteiger partial charge in [0, 0.05) is 12.2 Å². The molecule has 0 bridgehead atoms. The quantitative estimate of drug-likeness (QED) is 0.902. The van der Waals surface area contributed by atoms with Crippen molar-refractivity contribution in [2.24, 2.45) is 5.92 Å². The van der Waals surface area contributed by atoms with Crippen molar-refractivity contribution in [2.45, 2.75) is 45.2 Å². The maximum Gasteiger partial charge on any atom is 0.160 e. The highest BCUT2D eigenvalue weighted by Gasteiger charge is 2.26. The molecule has 3 atom stereocenters. The van der Waals surface area contributed by atoms with Crippen molar-refractivity contribution in [3.63, 3.8) is 0 Å². The molecule has 1 fully saturated rings. The fourth-order valence-corrected chi connectivity index (χ4v) is 2.94. The topological polar surface area (TPSA) is 42.2 Å². The lowest BCUT2D eigenvalue weighted by Gasteiger charge is -2.21. The van der Waals surface area contributed by atoms with Gasteiger partial charge in [0.25, 0.3) is 0 Å². The lowest BCUT2D eigenvalue weighted by molar-refractivity contribution is 0.379. The minimum Gasteiger partial charge on any atom is -0.304 e. The molecule has 0 aliphatic heterocycles. The first-order chi connectivity index (χ1) is 8.75. The van der Waals surface area contributed by atoms with E-state index in [9.17, 15) is 0 Å². The van der Waals surface area contributed by atoms with Crippen LogP contribution in [0, 0.1) is 5.92 Å². The van der Waals surface area contributed by atoms with Crippen molar-refractivity contribution < 1.29 is 0 Å². The highest BCUT2D eigenvalue weighted by atomic mass is 15.3. The summed E-state index contributed by atoms with van der Waals surface area (Å²) in [6.45, 7) is 4.51. The van der Waals surface area contributed by atoms with E-state index in [0.29, 0.717) is 6.04 Å². The van der Waals surface area contributed by atoms with Crippen molar-refractivity contribution in [1.29, 1.82) is 0 Å². The number of nitrogens with zero attached hydrogens (tertiary/aromatic N) is 3. The number of fused-ring (bicyclic) bond motifs is 1. The summed E-state index contributed by atoms with van der Waals surface area (Å²) in [5.74, 6) is 1.77. The number of aromatic nitrogens is 3. The Morgan fingerprint density at radius 2 is 2.22 bits per heavy atom. The Kier molecular flexibility index (Phi) is 3.04. The molecular weight excluding hydrogens is 224 g/mol. The molecule has 0 spiro atoms. The van der Waals surface area contributed by atoms with Gasteiger partial charge in [0.15, 0.2) is 11.5 Å². The summed E-state index contributed by atoms with van der Waals surface area (Å²) in [4.78, 5) is 0. The van der Waals surface area contributed by atoms with Gasteiger partial charge in [-0.2, -0.15) is 0 Å². The van der Waals surface area contributed by atoms with Gasteiger partial charge in [0.2, 0.25) is 0 Å². The second-order valence-electron chi connectivity index (χ2n) is 5.39. The molecule has 1 N–H and O–H groups in total. The molecule has 3 rings (SSSR count). The maximum atomic E-state index is 4.31. The standard InChI is InChI=1S/C14H20N4/c1-10-6-5-7-12(10)15-11(2)14-17-16-13-8-3-4-9-18(13)14/h3-4,8-12,15H,5-7H2,1-2H3. The highest BCUT2D eigenvalue weighted by molar-refractivity contribution is 5.37. The van der Waals surface area contributed by atoms with Crippen molar-refractivity contribution in [1.82, 2.24) is 19.9 Å². The van der Waals surface area contributed by atoms with Gasteiger partial charge in [-0.1, -0.05) is 19.4 Å². The Hall–Kier alpha value is -1.42. The highest BCUT2D eigenvalue weighted by Crippen LogP contribution is 2.27. The van der Waals surface area contributed by atoms with Gasteiger partial charge in [0.05, 0.1) is 6.04 Å². The molecule has 0 saturated heterocycles. The zero-order valence-electron chi connectivity index (χ0n) is 11.0. The van der Waals surface area contributed by atoms with Crippen LogP contribution in [0.4, 0.5) is 0 Å². The molecule has 0 aromatic carbocycles. The SMILES string of the molecule is CC(NC1CCCC1C)c1nnc2ccccn12. The molecular formula is C14H20N4. The van der Waals surface area contributed by atoms with Crippen LogP contribution in [-0.4, -0.2) is 20.6 Å². The van der Waals surface area contributed by atoms with Gasteiger partial charge in [-0.05, 0) is 37.8 Å². The average molecular weight is 244 g/mol. The van der Waals surface area contributed by atoms with Crippen LogP contribution in [0.2, 0.25) is 0 Å². The zero-order valence-corrected chi connectivity index (χ0v) is 11.0. The van der Waals surface area contributed by atoms with Crippen molar-refractivity contribution in [3.05, 3.63) is 30.2 Å². The van der Waals surface area contributed by atoms with Crippen molar-refractivity contribution >= 4 is 5.65 Å². The van der Waals surface area contributed by atoms with E-state index >= 15 is 0 Å². The third kappa shape index (κ3) is 2.01. The molecule has 0 radical (unpaired) electrons. The van der Waals surface area contributed by atoms with E-state index in [2.05, 4.69) is 33.8 Å². The normalized spacial score (nSPS) is 25.7. The van der Waals surface area contributed by atoms with Crippen LogP contribution in [-0.2, 0) is 0 Å². The average Bonchev–Trinajstić information content (AvgIpc) is 2.96. The summed E-state index contributed by atoms with van der Waals surface area (Å²) in [6.07, 6.45) is 5.99. The minimum absolute atomic E-state index is 0.243. The van der Waals surface area contributed by atoms with E-state index in [1.54, 1.807) is 0 Å². The lowest BCUT2D eigenvalue weighted by atomic mass is 10.1. The first-order valence-electron chi connectivity index (χ1n) is 6.81. The van der Waals surface area contributed by atoms with Crippen molar-refractivity contribution in [3.8, 4) is 0 Å². The summed E-state index contributed by atoms with van der Waals surface area (Å²) in [5.41, 5.74) is 0.917. The molecule has 3 unspecified atom stereocenters.